The molecule has 6 heteroatoms. The van der Waals surface area contributed by atoms with Gasteiger partial charge < -0.3 is 5.32 Å². The van der Waals surface area contributed by atoms with Crippen molar-refractivity contribution in [3.8, 4) is 0 Å². The van der Waals surface area contributed by atoms with Gasteiger partial charge in [0.1, 0.15) is 4.90 Å². The van der Waals surface area contributed by atoms with E-state index in [2.05, 4.69) is 16.1 Å². The molecule has 22 heavy (non-hydrogen) atoms. The van der Waals surface area contributed by atoms with Gasteiger partial charge in [-0.2, -0.15) is 0 Å². The molecule has 2 N–H and O–H groups in total. The van der Waals surface area contributed by atoms with Crippen molar-refractivity contribution >= 4 is 21.6 Å². The van der Waals surface area contributed by atoms with Crippen molar-refractivity contribution in [2.24, 2.45) is 0 Å². The Hall–Kier alpha value is -1.40. The zero-order chi connectivity index (χ0) is 15.6. The van der Waals surface area contributed by atoms with Crippen molar-refractivity contribution in [2.45, 2.75) is 17.4 Å². The minimum atomic E-state index is -3.61. The molecule has 4 nitrogen and oxygen atoms in total. The van der Waals surface area contributed by atoms with Crippen LogP contribution in [0.2, 0.25) is 5.02 Å². The molecule has 0 bridgehead atoms. The van der Waals surface area contributed by atoms with Crippen molar-refractivity contribution < 1.29 is 8.42 Å². The van der Waals surface area contributed by atoms with Crippen LogP contribution in [0.4, 0.5) is 0 Å². The van der Waals surface area contributed by atoms with Crippen molar-refractivity contribution in [1.29, 1.82) is 0 Å². The molecule has 0 fully saturated rings. The largest absolute Gasteiger partial charge is 0.308 e. The van der Waals surface area contributed by atoms with E-state index in [1.54, 1.807) is 18.2 Å². The van der Waals surface area contributed by atoms with Crippen LogP contribution in [-0.2, 0) is 16.4 Å². The zero-order valence-corrected chi connectivity index (χ0v) is 13.5. The Balaban J connectivity index is 1.77. The summed E-state index contributed by atoms with van der Waals surface area (Å²) in [4.78, 5) is 0.112. The molecule has 116 valence electrons. The van der Waals surface area contributed by atoms with E-state index in [0.717, 1.165) is 18.5 Å². The summed E-state index contributed by atoms with van der Waals surface area (Å²) in [5.74, 6) is 0. The third-order valence-corrected chi connectivity index (χ3v) is 5.74. The molecule has 3 rings (SSSR count). The second kappa shape index (κ2) is 6.38. The van der Waals surface area contributed by atoms with Gasteiger partial charge in [0.25, 0.3) is 0 Å². The third-order valence-electron chi connectivity index (χ3n) is 3.82. The van der Waals surface area contributed by atoms with Crippen molar-refractivity contribution in [2.75, 3.05) is 13.1 Å². The topological polar surface area (TPSA) is 58.2 Å². The van der Waals surface area contributed by atoms with E-state index < -0.39 is 10.0 Å². The van der Waals surface area contributed by atoms with Crippen LogP contribution in [0.3, 0.4) is 0 Å². The first kappa shape index (κ1) is 15.5. The van der Waals surface area contributed by atoms with E-state index >= 15 is 0 Å². The number of hydrogen-bond donors (Lipinski definition) is 2. The van der Waals surface area contributed by atoms with Crippen LogP contribution in [0, 0.1) is 0 Å². The molecule has 1 aliphatic rings. The fraction of sp³-hybridized carbons (Fsp3) is 0.250. The Kier molecular flexibility index (Phi) is 4.49. The maximum Gasteiger partial charge on any atom is 0.242 e. The van der Waals surface area contributed by atoms with Gasteiger partial charge in [-0.15, -0.1) is 0 Å². The molecule has 1 unspecified atom stereocenters. The summed E-state index contributed by atoms with van der Waals surface area (Å²) in [6.07, 6.45) is 0.962. The molecule has 0 radical (unpaired) electrons. The van der Waals surface area contributed by atoms with Gasteiger partial charge in [-0.05, 0) is 36.2 Å². The lowest BCUT2D eigenvalue weighted by Crippen LogP contribution is -2.38. The highest BCUT2D eigenvalue weighted by atomic mass is 35.5. The van der Waals surface area contributed by atoms with Crippen molar-refractivity contribution in [3.63, 3.8) is 0 Å². The quantitative estimate of drug-likeness (QED) is 0.902. The highest BCUT2D eigenvalue weighted by Crippen LogP contribution is 2.24. The van der Waals surface area contributed by atoms with Gasteiger partial charge in [-0.1, -0.05) is 48.0 Å². The summed E-state index contributed by atoms with van der Waals surface area (Å²) in [6.45, 7) is 1.14. The van der Waals surface area contributed by atoms with E-state index in [1.807, 2.05) is 18.2 Å². The molecule has 2 aromatic carbocycles. The highest BCUT2D eigenvalue weighted by Gasteiger charge is 2.23. The van der Waals surface area contributed by atoms with Gasteiger partial charge in [-0.25, -0.2) is 13.1 Å². The number of halogens is 1. The first-order valence-corrected chi connectivity index (χ1v) is 8.99. The summed E-state index contributed by atoms with van der Waals surface area (Å²) in [5, 5.41) is 3.58. The molecular weight excluding hydrogens is 320 g/mol. The molecule has 2 aromatic rings. The minimum absolute atomic E-state index is 0.0257. The van der Waals surface area contributed by atoms with Crippen LogP contribution in [0.15, 0.2) is 53.4 Å². The van der Waals surface area contributed by atoms with E-state index in [0.29, 0.717) is 6.54 Å². The fourth-order valence-electron chi connectivity index (χ4n) is 2.71. The standard InChI is InChI=1S/C16H17ClN2O2S/c17-14-7-3-4-8-16(14)22(20,21)19-11-15-13-6-2-1-5-12(13)9-10-18-15/h1-8,15,18-19H,9-11H2. The van der Waals surface area contributed by atoms with Crippen LogP contribution >= 0.6 is 11.6 Å². The lowest BCUT2D eigenvalue weighted by molar-refractivity contribution is 0.491. The van der Waals surface area contributed by atoms with E-state index in [-0.39, 0.29) is 16.0 Å². The van der Waals surface area contributed by atoms with Crippen molar-refractivity contribution in [3.05, 3.63) is 64.7 Å². The molecule has 0 saturated carbocycles. The number of sulfonamides is 1. The Labute approximate surface area is 135 Å². The lowest BCUT2D eigenvalue weighted by atomic mass is 9.95. The average Bonchev–Trinajstić information content (AvgIpc) is 2.53. The molecule has 1 heterocycles. The van der Waals surface area contributed by atoms with E-state index in [9.17, 15) is 8.42 Å². The molecular formula is C16H17ClN2O2S. The molecule has 0 saturated heterocycles. The third kappa shape index (κ3) is 3.17. The predicted octanol–water partition coefficient (Wildman–Crippen LogP) is 2.51. The number of nitrogens with one attached hydrogen (secondary N) is 2. The van der Waals surface area contributed by atoms with Crippen LogP contribution in [0.1, 0.15) is 17.2 Å². The van der Waals surface area contributed by atoms with E-state index in [1.165, 1.54) is 11.6 Å². The molecule has 0 spiro atoms. The highest BCUT2D eigenvalue weighted by molar-refractivity contribution is 7.89. The van der Waals surface area contributed by atoms with Crippen LogP contribution in [-0.4, -0.2) is 21.5 Å². The number of hydrogen-bond acceptors (Lipinski definition) is 3. The second-order valence-electron chi connectivity index (χ2n) is 5.24. The van der Waals surface area contributed by atoms with Crippen LogP contribution in [0.25, 0.3) is 0 Å². The fourth-order valence-corrected chi connectivity index (χ4v) is 4.27. The molecule has 0 amide bonds. The minimum Gasteiger partial charge on any atom is -0.308 e. The smallest absolute Gasteiger partial charge is 0.242 e. The summed E-state index contributed by atoms with van der Waals surface area (Å²) >= 11 is 5.98. The maximum absolute atomic E-state index is 12.4. The molecule has 0 aromatic heterocycles. The van der Waals surface area contributed by atoms with Gasteiger partial charge in [-0.3, -0.25) is 0 Å². The summed E-state index contributed by atoms with van der Waals surface area (Å²) in [5.41, 5.74) is 2.42. The Morgan fingerprint density at radius 3 is 2.68 bits per heavy atom. The van der Waals surface area contributed by atoms with Crippen LogP contribution in [0.5, 0.6) is 0 Å². The molecule has 1 atom stereocenters. The van der Waals surface area contributed by atoms with Crippen molar-refractivity contribution in [1.82, 2.24) is 10.0 Å². The van der Waals surface area contributed by atoms with Gasteiger partial charge >= 0.3 is 0 Å². The maximum atomic E-state index is 12.4. The second-order valence-corrected chi connectivity index (χ2v) is 7.38. The number of fused-ring (bicyclic) bond motifs is 1. The summed E-state index contributed by atoms with van der Waals surface area (Å²) < 4.78 is 27.4. The summed E-state index contributed by atoms with van der Waals surface area (Å²) in [7, 11) is -3.61. The first-order valence-electron chi connectivity index (χ1n) is 7.13. The molecule has 1 aliphatic heterocycles. The van der Waals surface area contributed by atoms with Crippen LogP contribution < -0.4 is 10.0 Å². The van der Waals surface area contributed by atoms with Gasteiger partial charge in [0.2, 0.25) is 10.0 Å². The predicted molar refractivity (Wildman–Crippen MR) is 87.5 cm³/mol. The van der Waals surface area contributed by atoms with Gasteiger partial charge in [0, 0.05) is 12.6 Å². The molecule has 0 aliphatic carbocycles. The van der Waals surface area contributed by atoms with E-state index in [4.69, 9.17) is 11.6 Å². The number of rotatable bonds is 4. The van der Waals surface area contributed by atoms with Gasteiger partial charge in [0.15, 0.2) is 0 Å². The zero-order valence-electron chi connectivity index (χ0n) is 11.9. The SMILES string of the molecule is O=S(=O)(NCC1NCCc2ccccc21)c1ccccc1Cl. The average molecular weight is 337 g/mol. The Morgan fingerprint density at radius 1 is 1.14 bits per heavy atom. The monoisotopic (exact) mass is 336 g/mol. The first-order chi connectivity index (χ1) is 10.6. The summed E-state index contributed by atoms with van der Waals surface area (Å²) in [6, 6.07) is 14.5. The number of benzene rings is 2. The Morgan fingerprint density at radius 2 is 1.86 bits per heavy atom. The van der Waals surface area contributed by atoms with Gasteiger partial charge in [0.05, 0.1) is 5.02 Å². The lowest BCUT2D eigenvalue weighted by Gasteiger charge is -2.27. The Bertz CT molecular complexity index is 777. The normalized spacial score (nSPS) is 18.0.